The van der Waals surface area contributed by atoms with E-state index in [1.54, 1.807) is 0 Å². The first-order valence-corrected chi connectivity index (χ1v) is 13.5. The van der Waals surface area contributed by atoms with E-state index in [0.29, 0.717) is 6.42 Å². The van der Waals surface area contributed by atoms with Crippen molar-refractivity contribution in [2.45, 2.75) is 147 Å². The van der Waals surface area contributed by atoms with Gasteiger partial charge in [0.1, 0.15) is 5.25 Å². The molecule has 170 valence electrons. The normalized spacial score (nSPS) is 14.3. The van der Waals surface area contributed by atoms with Crippen LogP contribution in [0.25, 0.3) is 0 Å². The van der Waals surface area contributed by atoms with Crippen LogP contribution in [0, 0.1) is 0 Å². The summed E-state index contributed by atoms with van der Waals surface area (Å²) in [5, 5.41) is 8.42. The van der Waals surface area contributed by atoms with Crippen LogP contribution in [0.1, 0.15) is 136 Å². The van der Waals surface area contributed by atoms with Crippen molar-refractivity contribution in [2.24, 2.45) is 0 Å². The second-order valence-electron chi connectivity index (χ2n) is 8.59. The topological polar surface area (TPSA) is 74.6 Å². The molecule has 2 unspecified atom stereocenters. The van der Waals surface area contributed by atoms with Crippen LogP contribution in [0.4, 0.5) is 0 Å². The number of aliphatic hydroxyl groups excluding tert-OH is 1. The molecule has 0 heterocycles. The first kappa shape index (κ1) is 27.9. The van der Waals surface area contributed by atoms with Gasteiger partial charge in [0.25, 0.3) is 10.1 Å². The number of aliphatic hydroxyl groups is 1. The van der Waals surface area contributed by atoms with E-state index in [-0.39, 0.29) is 0 Å². The van der Waals surface area contributed by atoms with Crippen LogP contribution in [0.5, 0.6) is 0 Å². The number of hydrogen-bond donors (Lipinski definition) is 2. The molecule has 0 fully saturated rings. The standard InChI is InChI=1S/C23H48O4S/c1-3-4-5-6-7-8-9-10-11-12-13-14-15-16-17-18-19-20-21-23(22(2)24)28(25,26)27/h22-24H,3-21H2,1-2H3,(H,25,26,27). The molecule has 0 bridgehead atoms. The van der Waals surface area contributed by atoms with Gasteiger partial charge in [-0.3, -0.25) is 4.55 Å². The highest BCUT2D eigenvalue weighted by Gasteiger charge is 2.27. The molecule has 0 saturated carbocycles. The van der Waals surface area contributed by atoms with E-state index >= 15 is 0 Å². The van der Waals surface area contributed by atoms with E-state index in [9.17, 15) is 13.5 Å². The van der Waals surface area contributed by atoms with Crippen LogP contribution in [-0.2, 0) is 10.1 Å². The Balaban J connectivity index is 3.28. The molecule has 0 aliphatic carbocycles. The van der Waals surface area contributed by atoms with Crippen molar-refractivity contribution in [1.29, 1.82) is 0 Å². The Morgan fingerprint density at radius 3 is 1.14 bits per heavy atom. The molecule has 0 aliphatic heterocycles. The SMILES string of the molecule is CCCCCCCCCCCCCCCCCCCCC(C(C)O)S(=O)(=O)O. The molecular weight excluding hydrogens is 372 g/mol. The molecule has 5 heteroatoms. The van der Waals surface area contributed by atoms with Gasteiger partial charge in [0, 0.05) is 0 Å². The summed E-state index contributed by atoms with van der Waals surface area (Å²) in [5.74, 6) is 0. The molecule has 0 aromatic heterocycles. The smallest absolute Gasteiger partial charge is 0.270 e. The van der Waals surface area contributed by atoms with Crippen molar-refractivity contribution in [1.82, 2.24) is 0 Å². The van der Waals surface area contributed by atoms with Crippen LogP contribution in [-0.4, -0.2) is 29.4 Å². The summed E-state index contributed by atoms with van der Waals surface area (Å²) in [7, 11) is -4.14. The third-order valence-corrected chi connectivity index (χ3v) is 7.16. The fourth-order valence-corrected chi connectivity index (χ4v) is 4.85. The second kappa shape index (κ2) is 18.9. The van der Waals surface area contributed by atoms with Gasteiger partial charge in [0.15, 0.2) is 0 Å². The minimum absolute atomic E-state index is 0.342. The Kier molecular flexibility index (Phi) is 18.8. The predicted octanol–water partition coefficient (Wildman–Crippen LogP) is 7.06. The van der Waals surface area contributed by atoms with Crippen molar-refractivity contribution in [2.75, 3.05) is 0 Å². The summed E-state index contributed by atoms with van der Waals surface area (Å²) < 4.78 is 31.5. The largest absolute Gasteiger partial charge is 0.392 e. The van der Waals surface area contributed by atoms with Crippen LogP contribution < -0.4 is 0 Å². The van der Waals surface area contributed by atoms with E-state index in [1.165, 1.54) is 103 Å². The molecule has 0 aromatic rings. The molecule has 0 spiro atoms. The lowest BCUT2D eigenvalue weighted by Crippen LogP contribution is -2.31. The van der Waals surface area contributed by atoms with Gasteiger partial charge < -0.3 is 5.11 Å². The zero-order valence-electron chi connectivity index (χ0n) is 18.7. The van der Waals surface area contributed by atoms with Gasteiger partial charge >= 0.3 is 0 Å². The maximum absolute atomic E-state index is 11.2. The van der Waals surface area contributed by atoms with Gasteiger partial charge in [-0.2, -0.15) is 8.42 Å². The van der Waals surface area contributed by atoms with Crippen molar-refractivity contribution >= 4 is 10.1 Å². The molecule has 0 aromatic carbocycles. The van der Waals surface area contributed by atoms with E-state index in [2.05, 4.69) is 6.92 Å². The van der Waals surface area contributed by atoms with E-state index in [4.69, 9.17) is 4.55 Å². The van der Waals surface area contributed by atoms with Gasteiger partial charge in [-0.25, -0.2) is 0 Å². The lowest BCUT2D eigenvalue weighted by molar-refractivity contribution is 0.178. The minimum atomic E-state index is -4.14. The molecule has 0 rings (SSSR count). The minimum Gasteiger partial charge on any atom is -0.392 e. The van der Waals surface area contributed by atoms with E-state index in [1.807, 2.05) is 0 Å². The van der Waals surface area contributed by atoms with Gasteiger partial charge in [-0.1, -0.05) is 122 Å². The van der Waals surface area contributed by atoms with Crippen molar-refractivity contribution < 1.29 is 18.1 Å². The first-order valence-electron chi connectivity index (χ1n) is 12.0. The van der Waals surface area contributed by atoms with Crippen LogP contribution >= 0.6 is 0 Å². The van der Waals surface area contributed by atoms with Crippen molar-refractivity contribution in [3.05, 3.63) is 0 Å². The van der Waals surface area contributed by atoms with Crippen molar-refractivity contribution in [3.63, 3.8) is 0 Å². The Morgan fingerprint density at radius 1 is 0.607 bits per heavy atom. The van der Waals surface area contributed by atoms with Crippen LogP contribution in [0.15, 0.2) is 0 Å². The summed E-state index contributed by atoms with van der Waals surface area (Å²) in [6.45, 7) is 3.69. The highest BCUT2D eigenvalue weighted by atomic mass is 32.2. The maximum Gasteiger partial charge on any atom is 0.270 e. The molecule has 4 nitrogen and oxygen atoms in total. The average Bonchev–Trinajstić information content (AvgIpc) is 2.62. The summed E-state index contributed by atoms with van der Waals surface area (Å²) >= 11 is 0. The van der Waals surface area contributed by atoms with E-state index in [0.717, 1.165) is 19.3 Å². The number of unbranched alkanes of at least 4 members (excludes halogenated alkanes) is 17. The Hall–Kier alpha value is -0.130. The molecule has 2 atom stereocenters. The fourth-order valence-electron chi connectivity index (χ4n) is 3.89. The molecule has 0 amide bonds. The van der Waals surface area contributed by atoms with Gasteiger partial charge in [-0.05, 0) is 13.3 Å². The average molecular weight is 421 g/mol. The summed E-state index contributed by atoms with van der Waals surface area (Å²) in [5.41, 5.74) is 0. The number of hydrogen-bond acceptors (Lipinski definition) is 3. The molecule has 2 N–H and O–H groups in total. The fraction of sp³-hybridized carbons (Fsp3) is 1.00. The third-order valence-electron chi connectivity index (χ3n) is 5.76. The Morgan fingerprint density at radius 2 is 0.893 bits per heavy atom. The summed E-state index contributed by atoms with van der Waals surface area (Å²) in [4.78, 5) is 0. The van der Waals surface area contributed by atoms with Crippen LogP contribution in [0.3, 0.4) is 0 Å². The zero-order chi connectivity index (χ0) is 21.1. The monoisotopic (exact) mass is 420 g/mol. The lowest BCUT2D eigenvalue weighted by Gasteiger charge is -2.16. The molecule has 0 aliphatic rings. The highest BCUT2D eigenvalue weighted by Crippen LogP contribution is 2.17. The zero-order valence-corrected chi connectivity index (χ0v) is 19.5. The van der Waals surface area contributed by atoms with Gasteiger partial charge in [-0.15, -0.1) is 0 Å². The first-order chi connectivity index (χ1) is 13.4. The highest BCUT2D eigenvalue weighted by molar-refractivity contribution is 7.86. The predicted molar refractivity (Wildman–Crippen MR) is 120 cm³/mol. The molecular formula is C23H48O4S. The quantitative estimate of drug-likeness (QED) is 0.154. The Labute approximate surface area is 175 Å². The van der Waals surface area contributed by atoms with E-state index < -0.39 is 21.5 Å². The van der Waals surface area contributed by atoms with Crippen molar-refractivity contribution in [3.8, 4) is 0 Å². The molecule has 0 radical (unpaired) electrons. The Bertz CT molecular complexity index is 420. The molecule has 28 heavy (non-hydrogen) atoms. The maximum atomic E-state index is 11.2. The molecule has 0 saturated heterocycles. The third kappa shape index (κ3) is 17.9. The van der Waals surface area contributed by atoms with Gasteiger partial charge in [0.2, 0.25) is 0 Å². The lowest BCUT2D eigenvalue weighted by atomic mass is 10.0. The van der Waals surface area contributed by atoms with Gasteiger partial charge in [0.05, 0.1) is 6.10 Å². The summed E-state index contributed by atoms with van der Waals surface area (Å²) in [6, 6.07) is 0. The summed E-state index contributed by atoms with van der Waals surface area (Å²) in [6.07, 6.45) is 22.6. The number of rotatable bonds is 21. The second-order valence-corrected chi connectivity index (χ2v) is 10.2. The van der Waals surface area contributed by atoms with Crippen LogP contribution in [0.2, 0.25) is 0 Å².